The Morgan fingerprint density at radius 3 is 2.12 bits per heavy atom. The first kappa shape index (κ1) is 24.0. The highest BCUT2D eigenvalue weighted by molar-refractivity contribution is 5.94. The molecule has 33 heavy (non-hydrogen) atoms. The maximum absolute atomic E-state index is 12.5. The highest BCUT2D eigenvalue weighted by Crippen LogP contribution is 2.39. The molecule has 0 spiro atoms. The fourth-order valence-electron chi connectivity index (χ4n) is 3.45. The Kier molecular flexibility index (Phi) is 6.63. The van der Waals surface area contributed by atoms with Crippen molar-refractivity contribution in [1.29, 1.82) is 0 Å². The monoisotopic (exact) mass is 448 g/mol. The number of aromatic amines is 1. The summed E-state index contributed by atoms with van der Waals surface area (Å²) in [7, 11) is 1.61. The molecule has 3 aromatic rings. The molecule has 3 rings (SSSR count). The van der Waals surface area contributed by atoms with E-state index < -0.39 is 5.91 Å². The predicted molar refractivity (Wildman–Crippen MR) is 131 cm³/mol. The van der Waals surface area contributed by atoms with Gasteiger partial charge in [-0.15, -0.1) is 0 Å². The number of nitrogens with one attached hydrogen (secondary N) is 2. The van der Waals surface area contributed by atoms with Crippen LogP contribution in [0.15, 0.2) is 47.6 Å². The second-order valence-electron chi connectivity index (χ2n) is 10.1. The maximum Gasteiger partial charge on any atom is 0.289 e. The van der Waals surface area contributed by atoms with Gasteiger partial charge in [0.15, 0.2) is 0 Å². The number of ether oxygens (including phenoxy) is 1. The largest absolute Gasteiger partial charge is 0.507 e. The molecule has 0 unspecified atom stereocenters. The first-order valence-electron chi connectivity index (χ1n) is 10.8. The van der Waals surface area contributed by atoms with Crippen LogP contribution in [0.4, 0.5) is 0 Å². The number of hydrogen-bond acceptors (Lipinski definition) is 5. The molecule has 1 heterocycles. The normalized spacial score (nSPS) is 12.2. The summed E-state index contributed by atoms with van der Waals surface area (Å²) in [4.78, 5) is 12.5. The fraction of sp³-hybridized carbons (Fsp3) is 0.346. The molecular weight excluding hydrogens is 416 g/mol. The molecule has 0 saturated carbocycles. The van der Waals surface area contributed by atoms with Crippen molar-refractivity contribution in [3.8, 4) is 22.8 Å². The van der Waals surface area contributed by atoms with Crippen molar-refractivity contribution in [2.24, 2.45) is 5.10 Å². The molecule has 1 aromatic heterocycles. The summed E-state index contributed by atoms with van der Waals surface area (Å²) in [6, 6.07) is 12.9. The van der Waals surface area contributed by atoms with Gasteiger partial charge < -0.3 is 9.84 Å². The van der Waals surface area contributed by atoms with Gasteiger partial charge in [0.05, 0.1) is 19.0 Å². The number of nitrogens with zero attached hydrogens (tertiary/aromatic N) is 2. The van der Waals surface area contributed by atoms with Gasteiger partial charge in [-0.1, -0.05) is 41.5 Å². The Hall–Kier alpha value is -3.61. The van der Waals surface area contributed by atoms with Crippen LogP contribution < -0.4 is 10.2 Å². The molecule has 0 atom stereocenters. The molecule has 7 heteroatoms. The summed E-state index contributed by atoms with van der Waals surface area (Å²) < 4.78 is 5.17. The van der Waals surface area contributed by atoms with Crippen molar-refractivity contribution in [1.82, 2.24) is 15.6 Å². The van der Waals surface area contributed by atoms with Gasteiger partial charge in [-0.2, -0.15) is 10.2 Å². The van der Waals surface area contributed by atoms with Crippen LogP contribution in [0, 0.1) is 0 Å². The van der Waals surface area contributed by atoms with E-state index in [-0.39, 0.29) is 10.8 Å². The van der Waals surface area contributed by atoms with Crippen LogP contribution in [0.2, 0.25) is 0 Å². The number of hydrazone groups is 1. The van der Waals surface area contributed by atoms with Crippen molar-refractivity contribution in [3.05, 3.63) is 64.8 Å². The van der Waals surface area contributed by atoms with Crippen LogP contribution in [0.3, 0.4) is 0 Å². The molecule has 0 aliphatic rings. The number of phenolic OH excluding ortho intramolecular Hbond substituents is 1. The molecular formula is C26H32N4O3. The van der Waals surface area contributed by atoms with E-state index in [0.29, 0.717) is 17.1 Å². The van der Waals surface area contributed by atoms with Crippen molar-refractivity contribution in [3.63, 3.8) is 0 Å². The highest BCUT2D eigenvalue weighted by Gasteiger charge is 2.26. The number of phenols is 1. The van der Waals surface area contributed by atoms with E-state index in [1.165, 1.54) is 0 Å². The molecule has 0 aliphatic carbocycles. The Labute approximate surface area is 194 Å². The standard InChI is InChI=1S/C26H32N4O3/c1-25(2,3)19-12-16(13-20(23(19)31)26(4,5)6)15-27-30-24(32)22-14-21(28-29-22)17-8-10-18(33-7)11-9-17/h8-15,31H,1-7H3,(H,28,29)(H,30,32). The number of benzene rings is 2. The van der Waals surface area contributed by atoms with E-state index in [4.69, 9.17) is 4.74 Å². The number of aromatic hydroxyl groups is 1. The van der Waals surface area contributed by atoms with E-state index >= 15 is 0 Å². The van der Waals surface area contributed by atoms with Crippen LogP contribution in [0.1, 0.15) is 68.7 Å². The van der Waals surface area contributed by atoms with Crippen LogP contribution in [0.5, 0.6) is 11.5 Å². The van der Waals surface area contributed by atoms with E-state index in [1.54, 1.807) is 19.4 Å². The zero-order valence-corrected chi connectivity index (χ0v) is 20.3. The lowest BCUT2D eigenvalue weighted by Crippen LogP contribution is -2.19. The summed E-state index contributed by atoms with van der Waals surface area (Å²) in [5.74, 6) is 0.657. The Bertz CT molecular complexity index is 1130. The average molecular weight is 449 g/mol. The van der Waals surface area contributed by atoms with Gasteiger partial charge in [-0.3, -0.25) is 9.89 Å². The molecule has 0 bridgehead atoms. The number of carbonyl (C=O) groups is 1. The summed E-state index contributed by atoms with van der Waals surface area (Å²) in [5.41, 5.74) is 6.33. The molecule has 0 saturated heterocycles. The van der Waals surface area contributed by atoms with E-state index in [0.717, 1.165) is 28.0 Å². The first-order valence-corrected chi connectivity index (χ1v) is 10.8. The lowest BCUT2D eigenvalue weighted by molar-refractivity contribution is 0.0950. The van der Waals surface area contributed by atoms with E-state index in [9.17, 15) is 9.90 Å². The van der Waals surface area contributed by atoms with Gasteiger partial charge in [-0.05, 0) is 58.9 Å². The number of H-pyrrole nitrogens is 1. The Balaban J connectivity index is 1.78. The van der Waals surface area contributed by atoms with Gasteiger partial charge in [0.25, 0.3) is 5.91 Å². The second kappa shape index (κ2) is 9.10. The Morgan fingerprint density at radius 1 is 1.03 bits per heavy atom. The van der Waals surface area contributed by atoms with Crippen molar-refractivity contribution < 1.29 is 14.6 Å². The zero-order valence-electron chi connectivity index (χ0n) is 20.3. The minimum absolute atomic E-state index is 0.245. The highest BCUT2D eigenvalue weighted by atomic mass is 16.5. The fourth-order valence-corrected chi connectivity index (χ4v) is 3.45. The Morgan fingerprint density at radius 2 is 1.61 bits per heavy atom. The minimum atomic E-state index is -0.399. The first-order chi connectivity index (χ1) is 15.4. The van der Waals surface area contributed by atoms with Gasteiger partial charge in [0.1, 0.15) is 17.2 Å². The summed E-state index contributed by atoms with van der Waals surface area (Å²) in [6.07, 6.45) is 1.59. The average Bonchev–Trinajstić information content (AvgIpc) is 3.23. The molecule has 7 nitrogen and oxygen atoms in total. The third-order valence-corrected chi connectivity index (χ3v) is 5.34. The molecule has 0 radical (unpaired) electrons. The summed E-state index contributed by atoms with van der Waals surface area (Å²) in [6.45, 7) is 12.3. The van der Waals surface area contributed by atoms with Crippen LogP contribution >= 0.6 is 0 Å². The maximum atomic E-state index is 12.5. The molecule has 0 aliphatic heterocycles. The smallest absolute Gasteiger partial charge is 0.289 e. The number of methoxy groups -OCH3 is 1. The number of aromatic nitrogens is 2. The van der Waals surface area contributed by atoms with Crippen molar-refractivity contribution in [2.45, 2.75) is 52.4 Å². The molecule has 174 valence electrons. The predicted octanol–water partition coefficient (Wildman–Crippen LogP) is 5.15. The lowest BCUT2D eigenvalue weighted by atomic mass is 9.78. The quantitative estimate of drug-likeness (QED) is 0.371. The van der Waals surface area contributed by atoms with Gasteiger partial charge >= 0.3 is 0 Å². The van der Waals surface area contributed by atoms with E-state index in [1.807, 2.05) is 36.4 Å². The molecule has 2 aromatic carbocycles. The number of carbonyl (C=O) groups excluding carboxylic acids is 1. The molecule has 3 N–H and O–H groups in total. The second-order valence-corrected chi connectivity index (χ2v) is 10.1. The van der Waals surface area contributed by atoms with E-state index in [2.05, 4.69) is 62.3 Å². The summed E-state index contributed by atoms with van der Waals surface area (Å²) in [5, 5.41) is 21.9. The minimum Gasteiger partial charge on any atom is -0.507 e. The molecule has 0 fully saturated rings. The van der Waals surface area contributed by atoms with Crippen molar-refractivity contribution in [2.75, 3.05) is 7.11 Å². The van der Waals surface area contributed by atoms with Gasteiger partial charge in [-0.25, -0.2) is 5.43 Å². The van der Waals surface area contributed by atoms with Gasteiger partial charge in [0.2, 0.25) is 0 Å². The summed E-state index contributed by atoms with van der Waals surface area (Å²) >= 11 is 0. The SMILES string of the molecule is COc1ccc(-c2cc(C(=O)NN=Cc3cc(C(C)(C)C)c(O)c(C(C)(C)C)c3)[nH]n2)cc1. The van der Waals surface area contributed by atoms with Crippen LogP contribution in [-0.2, 0) is 10.8 Å². The van der Waals surface area contributed by atoms with Crippen LogP contribution in [0.25, 0.3) is 11.3 Å². The zero-order chi connectivity index (χ0) is 24.4. The third kappa shape index (κ3) is 5.61. The number of amides is 1. The topological polar surface area (TPSA) is 99.6 Å². The number of hydrogen-bond donors (Lipinski definition) is 3. The van der Waals surface area contributed by atoms with Gasteiger partial charge in [0, 0.05) is 16.7 Å². The lowest BCUT2D eigenvalue weighted by Gasteiger charge is -2.27. The number of rotatable bonds is 5. The third-order valence-electron chi connectivity index (χ3n) is 5.34. The van der Waals surface area contributed by atoms with Crippen LogP contribution in [-0.4, -0.2) is 34.5 Å². The molecule has 1 amide bonds. The van der Waals surface area contributed by atoms with Crippen molar-refractivity contribution >= 4 is 12.1 Å².